The first-order valence-corrected chi connectivity index (χ1v) is 9.42. The van der Waals surface area contributed by atoms with E-state index in [0.29, 0.717) is 12.6 Å². The number of fused-ring (bicyclic) bond motifs is 1. The molecule has 1 aliphatic rings. The summed E-state index contributed by atoms with van der Waals surface area (Å²) in [6, 6.07) is 17.1. The van der Waals surface area contributed by atoms with Crippen LogP contribution in [0.15, 0.2) is 48.5 Å². The summed E-state index contributed by atoms with van der Waals surface area (Å²) in [5.74, 6) is 0.408. The van der Waals surface area contributed by atoms with E-state index in [0.717, 1.165) is 25.1 Å². The number of carbonyl (C=O) groups is 1. The molecule has 1 N–H and O–H groups in total. The normalized spacial score (nSPS) is 16.4. The maximum atomic E-state index is 11.5. The first kappa shape index (κ1) is 18.5. The Balaban J connectivity index is 1.60. The summed E-state index contributed by atoms with van der Waals surface area (Å²) < 4.78 is 10.5. The van der Waals surface area contributed by atoms with Gasteiger partial charge < -0.3 is 14.8 Å². The monoisotopic (exact) mass is 353 g/mol. The average molecular weight is 353 g/mol. The van der Waals surface area contributed by atoms with Crippen molar-refractivity contribution in [3.63, 3.8) is 0 Å². The molecule has 0 aliphatic heterocycles. The number of hydrogen-bond acceptors (Lipinski definition) is 4. The Hall–Kier alpha value is -2.33. The van der Waals surface area contributed by atoms with Crippen LogP contribution in [0.3, 0.4) is 0 Å². The van der Waals surface area contributed by atoms with Gasteiger partial charge in [-0.05, 0) is 61.4 Å². The molecular formula is C22H27NO3. The van der Waals surface area contributed by atoms with Crippen LogP contribution in [-0.2, 0) is 28.9 Å². The topological polar surface area (TPSA) is 47.6 Å². The summed E-state index contributed by atoms with van der Waals surface area (Å²) in [5, 5.41) is 3.69. The van der Waals surface area contributed by atoms with Gasteiger partial charge in [0.15, 0.2) is 6.61 Å². The molecule has 0 aromatic heterocycles. The van der Waals surface area contributed by atoms with Crippen LogP contribution in [0.5, 0.6) is 5.75 Å². The summed E-state index contributed by atoms with van der Waals surface area (Å²) in [4.78, 5) is 11.5. The van der Waals surface area contributed by atoms with E-state index in [9.17, 15) is 4.79 Å². The minimum Gasteiger partial charge on any atom is -0.482 e. The molecule has 0 heterocycles. The molecule has 3 rings (SSSR count). The first-order chi connectivity index (χ1) is 12.7. The smallest absolute Gasteiger partial charge is 0.344 e. The number of nitrogens with one attached hydrogen (secondary N) is 1. The molecule has 1 atom stereocenters. The van der Waals surface area contributed by atoms with Crippen molar-refractivity contribution in [3.05, 3.63) is 65.2 Å². The maximum Gasteiger partial charge on any atom is 0.344 e. The van der Waals surface area contributed by atoms with Gasteiger partial charge in [0.2, 0.25) is 0 Å². The first-order valence-electron chi connectivity index (χ1n) is 9.42. The van der Waals surface area contributed by atoms with Crippen molar-refractivity contribution in [1.29, 1.82) is 0 Å². The third-order valence-electron chi connectivity index (χ3n) is 4.74. The lowest BCUT2D eigenvalue weighted by Gasteiger charge is -2.17. The van der Waals surface area contributed by atoms with Crippen LogP contribution in [-0.4, -0.2) is 25.2 Å². The van der Waals surface area contributed by atoms with Crippen LogP contribution < -0.4 is 10.1 Å². The predicted octanol–water partition coefficient (Wildman–Crippen LogP) is 3.67. The molecule has 26 heavy (non-hydrogen) atoms. The molecular weight excluding hydrogens is 326 g/mol. The SMILES string of the molecule is CCOC(=O)COc1ccc2c(c1)C[C@@H](NCc1ccccc1)CCC2. The van der Waals surface area contributed by atoms with E-state index in [-0.39, 0.29) is 12.6 Å². The highest BCUT2D eigenvalue weighted by molar-refractivity contribution is 5.71. The van der Waals surface area contributed by atoms with Gasteiger partial charge in [-0.2, -0.15) is 0 Å². The van der Waals surface area contributed by atoms with Crippen LogP contribution in [0.25, 0.3) is 0 Å². The summed E-state index contributed by atoms with van der Waals surface area (Å²) in [7, 11) is 0. The highest BCUT2D eigenvalue weighted by Gasteiger charge is 2.17. The number of carbonyl (C=O) groups excluding carboxylic acids is 1. The fourth-order valence-corrected chi connectivity index (χ4v) is 3.41. The van der Waals surface area contributed by atoms with Gasteiger partial charge in [0.1, 0.15) is 5.75 Å². The van der Waals surface area contributed by atoms with Gasteiger partial charge >= 0.3 is 5.97 Å². The van der Waals surface area contributed by atoms with E-state index in [1.54, 1.807) is 6.92 Å². The molecule has 0 unspecified atom stereocenters. The van der Waals surface area contributed by atoms with Crippen LogP contribution in [0.2, 0.25) is 0 Å². The Morgan fingerprint density at radius 2 is 2.00 bits per heavy atom. The van der Waals surface area contributed by atoms with Crippen molar-refractivity contribution in [2.24, 2.45) is 0 Å². The number of aryl methyl sites for hydroxylation is 1. The van der Waals surface area contributed by atoms with Gasteiger partial charge in [-0.15, -0.1) is 0 Å². The lowest BCUT2D eigenvalue weighted by molar-refractivity contribution is -0.145. The maximum absolute atomic E-state index is 11.5. The number of esters is 1. The van der Waals surface area contributed by atoms with Crippen LogP contribution in [0.4, 0.5) is 0 Å². The van der Waals surface area contributed by atoms with E-state index in [2.05, 4.69) is 41.7 Å². The number of hydrogen-bond donors (Lipinski definition) is 1. The van der Waals surface area contributed by atoms with Crippen LogP contribution in [0.1, 0.15) is 36.5 Å². The standard InChI is InChI=1S/C22H27NO3/c1-2-25-22(24)16-26-21-12-11-18-9-6-10-20(13-19(18)14-21)23-15-17-7-4-3-5-8-17/h3-5,7-8,11-12,14,20,23H,2,6,9-10,13,15-16H2,1H3/t20-/m0/s1. The minimum absolute atomic E-state index is 0.0394. The zero-order chi connectivity index (χ0) is 18.2. The van der Waals surface area contributed by atoms with E-state index in [1.807, 2.05) is 12.1 Å². The number of rotatable bonds is 7. The molecule has 4 heteroatoms. The van der Waals surface area contributed by atoms with Gasteiger partial charge in [-0.3, -0.25) is 0 Å². The second kappa shape index (κ2) is 9.39. The highest BCUT2D eigenvalue weighted by Crippen LogP contribution is 2.25. The Morgan fingerprint density at radius 1 is 1.15 bits per heavy atom. The zero-order valence-electron chi connectivity index (χ0n) is 15.4. The molecule has 0 bridgehead atoms. The van der Waals surface area contributed by atoms with Crippen molar-refractivity contribution in [2.45, 2.75) is 45.2 Å². The summed E-state index contributed by atoms with van der Waals surface area (Å²) in [6.07, 6.45) is 4.43. The molecule has 138 valence electrons. The third-order valence-corrected chi connectivity index (χ3v) is 4.74. The molecule has 0 amide bonds. The summed E-state index contributed by atoms with van der Waals surface area (Å²) in [6.45, 7) is 3.02. The Kier molecular flexibility index (Phi) is 6.67. The van der Waals surface area contributed by atoms with E-state index >= 15 is 0 Å². The second-order valence-electron chi connectivity index (χ2n) is 6.68. The van der Waals surface area contributed by atoms with Crippen molar-refractivity contribution in [2.75, 3.05) is 13.2 Å². The molecule has 4 nitrogen and oxygen atoms in total. The van der Waals surface area contributed by atoms with Crippen molar-refractivity contribution < 1.29 is 14.3 Å². The molecule has 0 spiro atoms. The van der Waals surface area contributed by atoms with E-state index in [1.165, 1.54) is 29.5 Å². The van der Waals surface area contributed by atoms with Gasteiger partial charge in [0.25, 0.3) is 0 Å². The van der Waals surface area contributed by atoms with Crippen molar-refractivity contribution >= 4 is 5.97 Å². The van der Waals surface area contributed by atoms with Crippen molar-refractivity contribution in [1.82, 2.24) is 5.32 Å². The van der Waals surface area contributed by atoms with Gasteiger partial charge in [-0.1, -0.05) is 36.4 Å². The fraction of sp³-hybridized carbons (Fsp3) is 0.409. The number of benzene rings is 2. The Labute approximate surface area is 155 Å². The molecule has 2 aromatic rings. The Morgan fingerprint density at radius 3 is 2.81 bits per heavy atom. The van der Waals surface area contributed by atoms with Gasteiger partial charge in [-0.25, -0.2) is 4.79 Å². The lowest BCUT2D eigenvalue weighted by Crippen LogP contribution is -2.30. The highest BCUT2D eigenvalue weighted by atomic mass is 16.6. The molecule has 2 aromatic carbocycles. The molecule has 1 aliphatic carbocycles. The van der Waals surface area contributed by atoms with Crippen molar-refractivity contribution in [3.8, 4) is 5.75 Å². The minimum atomic E-state index is -0.329. The van der Waals surface area contributed by atoms with Gasteiger partial charge in [0.05, 0.1) is 6.61 Å². The molecule has 0 saturated heterocycles. The summed E-state index contributed by atoms with van der Waals surface area (Å²) in [5.41, 5.74) is 4.01. The molecule has 0 fully saturated rings. The second-order valence-corrected chi connectivity index (χ2v) is 6.68. The van der Waals surface area contributed by atoms with E-state index in [4.69, 9.17) is 9.47 Å². The zero-order valence-corrected chi connectivity index (χ0v) is 15.4. The van der Waals surface area contributed by atoms with Crippen LogP contribution >= 0.6 is 0 Å². The summed E-state index contributed by atoms with van der Waals surface area (Å²) >= 11 is 0. The molecule has 0 radical (unpaired) electrons. The average Bonchev–Trinajstić information content (AvgIpc) is 2.87. The predicted molar refractivity (Wildman–Crippen MR) is 102 cm³/mol. The van der Waals surface area contributed by atoms with Crippen LogP contribution in [0, 0.1) is 0 Å². The molecule has 0 saturated carbocycles. The largest absolute Gasteiger partial charge is 0.482 e. The quantitative estimate of drug-likeness (QED) is 0.609. The fourth-order valence-electron chi connectivity index (χ4n) is 3.41. The Bertz CT molecular complexity index is 715. The van der Waals surface area contributed by atoms with E-state index < -0.39 is 0 Å². The third kappa shape index (κ3) is 5.33. The van der Waals surface area contributed by atoms with Gasteiger partial charge in [0, 0.05) is 12.6 Å². The lowest BCUT2D eigenvalue weighted by atomic mass is 10.0. The number of ether oxygens (including phenoxy) is 2.